The number of alkyl halides is 3. The van der Waals surface area contributed by atoms with Crippen molar-refractivity contribution in [3.8, 4) is 17.0 Å². The second-order valence-corrected chi connectivity index (χ2v) is 7.27. The largest absolute Gasteiger partial charge is 0.573 e. The van der Waals surface area contributed by atoms with Gasteiger partial charge in [-0.15, -0.1) is 13.2 Å². The topological polar surface area (TPSA) is 103 Å². The summed E-state index contributed by atoms with van der Waals surface area (Å²) in [6.45, 7) is 2.91. The van der Waals surface area contributed by atoms with Crippen LogP contribution in [-0.4, -0.2) is 51.8 Å². The molecule has 0 bridgehead atoms. The van der Waals surface area contributed by atoms with Crippen molar-refractivity contribution in [2.45, 2.75) is 25.8 Å². The Morgan fingerprint density at radius 2 is 2.16 bits per heavy atom. The van der Waals surface area contributed by atoms with E-state index < -0.39 is 24.1 Å². The number of hydrogen-bond acceptors (Lipinski definition) is 6. The lowest BCUT2D eigenvalue weighted by molar-refractivity contribution is -0.274. The molecule has 0 aliphatic carbocycles. The van der Waals surface area contributed by atoms with Gasteiger partial charge in [-0.3, -0.25) is 9.89 Å². The number of carbonyl (C=O) groups excluding carboxylic acids is 1. The molecule has 1 amide bonds. The zero-order valence-electron chi connectivity index (χ0n) is 16.8. The molecule has 1 atom stereocenters. The van der Waals surface area contributed by atoms with Crippen LogP contribution in [0.15, 0.2) is 30.6 Å². The van der Waals surface area contributed by atoms with Crippen molar-refractivity contribution in [1.29, 1.82) is 0 Å². The predicted octanol–water partition coefficient (Wildman–Crippen LogP) is 3.10. The van der Waals surface area contributed by atoms with E-state index in [0.29, 0.717) is 36.6 Å². The number of pyridine rings is 1. The van der Waals surface area contributed by atoms with E-state index in [2.05, 4.69) is 37.4 Å². The molecule has 2 aromatic heterocycles. The van der Waals surface area contributed by atoms with Crippen LogP contribution in [0.25, 0.3) is 11.3 Å². The highest BCUT2D eigenvalue weighted by atomic mass is 19.4. The fraction of sp³-hybridized carbons (Fsp3) is 0.286. The number of rotatable bonds is 5. The maximum atomic E-state index is 12.7. The maximum absolute atomic E-state index is 12.7. The molecule has 1 aliphatic heterocycles. The van der Waals surface area contributed by atoms with Crippen molar-refractivity contribution in [2.75, 3.05) is 23.3 Å². The van der Waals surface area contributed by atoms with E-state index in [0.717, 1.165) is 11.6 Å². The van der Waals surface area contributed by atoms with Crippen LogP contribution < -0.4 is 15.0 Å². The molecule has 0 spiro atoms. The standard InChI is InChI=1S/C21H18F3N5O3/c1-12-9-26-28-18(12)17-8-13(10-25-19(17)29-7-6-15(30)11-29)20(31)27-14-2-4-16(5-3-14)32-21(22,23)24/h2,4,8-10,15,30H,6-7,11H2,1H3,(H,26,28)(H,27,31)/t15-/m1/s1. The second-order valence-electron chi connectivity index (χ2n) is 7.27. The van der Waals surface area contributed by atoms with Crippen LogP contribution in [0.4, 0.5) is 24.7 Å². The number of amides is 1. The number of β-amino-alcohol motifs (C(OH)–C–C–N with tert-alkyl or cyclic N) is 1. The third-order valence-corrected chi connectivity index (χ3v) is 4.89. The normalized spacial score (nSPS) is 16.0. The first kappa shape index (κ1) is 21.5. The zero-order chi connectivity index (χ0) is 22.9. The molecular weight excluding hydrogens is 427 g/mol. The van der Waals surface area contributed by atoms with Crippen molar-refractivity contribution in [3.05, 3.63) is 53.9 Å². The highest BCUT2D eigenvalue weighted by Crippen LogP contribution is 2.32. The van der Waals surface area contributed by atoms with Gasteiger partial charge in [0.25, 0.3) is 5.91 Å². The van der Waals surface area contributed by atoms with Gasteiger partial charge >= 0.3 is 6.36 Å². The number of halogens is 3. The number of H-pyrrole nitrogens is 1. The summed E-state index contributed by atoms with van der Waals surface area (Å²) in [7, 11) is 0. The van der Waals surface area contributed by atoms with E-state index in [9.17, 15) is 23.1 Å². The average molecular weight is 445 g/mol. The predicted molar refractivity (Wildman–Crippen MR) is 108 cm³/mol. The number of aliphatic hydroxyl groups excluding tert-OH is 1. The first-order valence-electron chi connectivity index (χ1n) is 9.64. The van der Waals surface area contributed by atoms with E-state index in [1.807, 2.05) is 11.8 Å². The summed E-state index contributed by atoms with van der Waals surface area (Å²) in [5.74, 6) is -0.483. The van der Waals surface area contributed by atoms with E-state index in [1.165, 1.54) is 12.3 Å². The quantitative estimate of drug-likeness (QED) is 0.558. The van der Waals surface area contributed by atoms with E-state index in [-0.39, 0.29) is 11.3 Å². The molecule has 0 radical (unpaired) electrons. The number of anilines is 2. The van der Waals surface area contributed by atoms with Gasteiger partial charge in [0.15, 0.2) is 5.75 Å². The van der Waals surface area contributed by atoms with Crippen LogP contribution in [-0.2, 0) is 0 Å². The molecule has 1 aromatic carbocycles. The van der Waals surface area contributed by atoms with Gasteiger partial charge in [-0.2, -0.15) is 5.10 Å². The Morgan fingerprint density at radius 1 is 1.34 bits per heavy atom. The van der Waals surface area contributed by atoms with Gasteiger partial charge in [0.1, 0.15) is 5.82 Å². The molecule has 0 unspecified atom stereocenters. The molecular formula is C21H18F3N5O3. The van der Waals surface area contributed by atoms with E-state index in [1.54, 1.807) is 12.3 Å². The molecule has 3 aromatic rings. The maximum Gasteiger partial charge on any atom is 0.573 e. The number of hydrogen-bond donors (Lipinski definition) is 3. The van der Waals surface area contributed by atoms with E-state index >= 15 is 0 Å². The highest BCUT2D eigenvalue weighted by Gasteiger charge is 2.31. The molecule has 8 nitrogen and oxygen atoms in total. The molecule has 3 N–H and O–H groups in total. The minimum atomic E-state index is -4.84. The van der Waals surface area contributed by atoms with Gasteiger partial charge < -0.3 is 20.1 Å². The first-order valence-corrected chi connectivity index (χ1v) is 9.64. The van der Waals surface area contributed by atoms with Crippen LogP contribution in [0.2, 0.25) is 0 Å². The summed E-state index contributed by atoms with van der Waals surface area (Å²) in [6.07, 6.45) is -1.62. The number of nitrogens with zero attached hydrogens (tertiary/aromatic N) is 3. The highest BCUT2D eigenvalue weighted by molar-refractivity contribution is 6.05. The summed E-state index contributed by atoms with van der Waals surface area (Å²) in [4.78, 5) is 19.1. The number of ether oxygens (including phenoxy) is 1. The molecule has 11 heteroatoms. The Balaban J connectivity index is 1.58. The SMILES string of the molecule is Cc1cn[nH]c1-c1cc(C(=O)Nc2c#cc(OC(F)(F)F)cc2)cnc1N1CC[C@@H](O)C1. The molecule has 0 saturated carbocycles. The summed E-state index contributed by atoms with van der Waals surface area (Å²) in [6, 6.07) is 8.52. The van der Waals surface area contributed by atoms with Gasteiger partial charge in [-0.1, -0.05) is 0 Å². The minimum Gasteiger partial charge on any atom is -0.397 e. The minimum absolute atomic E-state index is 0.121. The average Bonchev–Trinajstić information content (AvgIpc) is 3.36. The van der Waals surface area contributed by atoms with Crippen molar-refractivity contribution >= 4 is 17.4 Å². The van der Waals surface area contributed by atoms with Crippen molar-refractivity contribution in [3.63, 3.8) is 0 Å². The first-order chi connectivity index (χ1) is 15.2. The van der Waals surface area contributed by atoms with Crippen molar-refractivity contribution in [1.82, 2.24) is 15.2 Å². The Bertz CT molecular complexity index is 1110. The van der Waals surface area contributed by atoms with Crippen molar-refractivity contribution < 1.29 is 27.8 Å². The number of carbonyl (C=O) groups is 1. The van der Waals surface area contributed by atoms with Crippen LogP contribution in [0.3, 0.4) is 0 Å². The van der Waals surface area contributed by atoms with Gasteiger partial charge in [0.2, 0.25) is 0 Å². The van der Waals surface area contributed by atoms with Crippen LogP contribution in [0, 0.1) is 19.1 Å². The molecule has 32 heavy (non-hydrogen) atoms. The smallest absolute Gasteiger partial charge is 0.397 e. The van der Waals surface area contributed by atoms with Crippen LogP contribution >= 0.6 is 0 Å². The summed E-state index contributed by atoms with van der Waals surface area (Å²) >= 11 is 0. The van der Waals surface area contributed by atoms with Crippen LogP contribution in [0.5, 0.6) is 5.75 Å². The Hall–Kier alpha value is -3.78. The number of aromatic nitrogens is 3. The fourth-order valence-electron chi connectivity index (χ4n) is 3.39. The molecule has 166 valence electrons. The number of aromatic amines is 1. The summed E-state index contributed by atoms with van der Waals surface area (Å²) in [5.41, 5.74) is 2.54. The zero-order valence-corrected chi connectivity index (χ0v) is 16.8. The Morgan fingerprint density at radius 3 is 2.75 bits per heavy atom. The number of nitrogens with one attached hydrogen (secondary N) is 2. The lowest BCUT2D eigenvalue weighted by Gasteiger charge is -2.20. The van der Waals surface area contributed by atoms with Crippen molar-refractivity contribution in [2.24, 2.45) is 0 Å². The van der Waals surface area contributed by atoms with Crippen LogP contribution in [0.1, 0.15) is 22.3 Å². The molecule has 1 aliphatic rings. The fourth-order valence-corrected chi connectivity index (χ4v) is 3.39. The number of aliphatic hydroxyl groups is 1. The third kappa shape index (κ3) is 4.76. The van der Waals surface area contributed by atoms with Gasteiger partial charge in [-0.05, 0) is 49.2 Å². The summed E-state index contributed by atoms with van der Waals surface area (Å²) in [5, 5.41) is 19.4. The molecule has 1 fully saturated rings. The monoisotopic (exact) mass is 445 g/mol. The second kappa shape index (κ2) is 8.39. The van der Waals surface area contributed by atoms with Gasteiger partial charge in [0, 0.05) is 24.8 Å². The lowest BCUT2D eigenvalue weighted by atomic mass is 10.1. The van der Waals surface area contributed by atoms with E-state index in [4.69, 9.17) is 0 Å². The molecule has 1 saturated heterocycles. The lowest BCUT2D eigenvalue weighted by Crippen LogP contribution is -2.23. The molecule has 3 heterocycles. The third-order valence-electron chi connectivity index (χ3n) is 4.89. The Labute approximate surface area is 181 Å². The Kier molecular flexibility index (Phi) is 5.63. The summed E-state index contributed by atoms with van der Waals surface area (Å²) < 4.78 is 40.5. The number of aryl methyl sites for hydroxylation is 1. The molecule has 4 rings (SSSR count). The van der Waals surface area contributed by atoms with Gasteiger partial charge in [0.05, 0.1) is 29.2 Å². The van der Waals surface area contributed by atoms with Gasteiger partial charge in [-0.25, -0.2) is 4.98 Å².